The summed E-state index contributed by atoms with van der Waals surface area (Å²) < 4.78 is 26.6. The Morgan fingerprint density at radius 2 is 1.87 bits per heavy atom. The van der Waals surface area contributed by atoms with Crippen LogP contribution < -0.4 is 10.0 Å². The summed E-state index contributed by atoms with van der Waals surface area (Å²) in [5, 5.41) is 2.57. The van der Waals surface area contributed by atoms with E-state index in [0.29, 0.717) is 5.69 Å². The summed E-state index contributed by atoms with van der Waals surface area (Å²) >= 11 is 0. The van der Waals surface area contributed by atoms with Gasteiger partial charge >= 0.3 is 0 Å². The lowest BCUT2D eigenvalue weighted by molar-refractivity contribution is -0.115. The van der Waals surface area contributed by atoms with Gasteiger partial charge in [-0.3, -0.25) is 9.78 Å². The van der Waals surface area contributed by atoms with Gasteiger partial charge in [0.25, 0.3) is 0 Å². The molecule has 0 aliphatic heterocycles. The molecule has 0 aliphatic rings. The number of benzene rings is 1. The zero-order chi connectivity index (χ0) is 16.7. The van der Waals surface area contributed by atoms with E-state index in [2.05, 4.69) is 15.0 Å². The van der Waals surface area contributed by atoms with Crippen LogP contribution in [0.25, 0.3) is 0 Å². The smallest absolute Gasteiger partial charge is 0.239 e. The molecule has 6 nitrogen and oxygen atoms in total. The van der Waals surface area contributed by atoms with Gasteiger partial charge in [-0.05, 0) is 29.7 Å². The summed E-state index contributed by atoms with van der Waals surface area (Å²) in [6.45, 7) is 1.66. The predicted octanol–water partition coefficient (Wildman–Crippen LogP) is 1.70. The minimum atomic E-state index is -3.58. The van der Waals surface area contributed by atoms with Crippen molar-refractivity contribution in [1.29, 1.82) is 0 Å². The van der Waals surface area contributed by atoms with Crippen molar-refractivity contribution in [3.8, 4) is 0 Å². The molecule has 2 aromatic rings. The minimum Gasteiger partial charge on any atom is -0.324 e. The van der Waals surface area contributed by atoms with E-state index in [9.17, 15) is 13.2 Å². The minimum absolute atomic E-state index is 0.142. The van der Waals surface area contributed by atoms with Gasteiger partial charge in [-0.25, -0.2) is 13.1 Å². The summed E-state index contributed by atoms with van der Waals surface area (Å²) in [7, 11) is -3.58. The van der Waals surface area contributed by atoms with E-state index in [1.807, 2.05) is 19.1 Å². The van der Waals surface area contributed by atoms with Crippen molar-refractivity contribution in [2.75, 3.05) is 11.9 Å². The Labute approximate surface area is 136 Å². The summed E-state index contributed by atoms with van der Waals surface area (Å²) in [5.74, 6) is -0.581. The average molecular weight is 333 g/mol. The van der Waals surface area contributed by atoms with E-state index in [1.54, 1.807) is 30.5 Å². The molecule has 0 spiro atoms. The number of aromatic nitrogens is 1. The Hall–Kier alpha value is -2.25. The highest BCUT2D eigenvalue weighted by molar-refractivity contribution is 7.88. The number of rotatable bonds is 7. The Morgan fingerprint density at radius 1 is 1.13 bits per heavy atom. The molecule has 0 aliphatic carbocycles. The van der Waals surface area contributed by atoms with Crippen LogP contribution >= 0.6 is 0 Å². The van der Waals surface area contributed by atoms with Gasteiger partial charge < -0.3 is 5.32 Å². The van der Waals surface area contributed by atoms with Crippen LogP contribution in [0.2, 0.25) is 0 Å². The summed E-state index contributed by atoms with van der Waals surface area (Å²) in [4.78, 5) is 15.6. The lowest BCUT2D eigenvalue weighted by atomic mass is 10.1. The number of nitrogens with zero attached hydrogens (tertiary/aromatic N) is 1. The lowest BCUT2D eigenvalue weighted by Gasteiger charge is -2.10. The number of carbonyl (C=O) groups excluding carboxylic acids is 1. The average Bonchev–Trinajstić information content (AvgIpc) is 2.54. The van der Waals surface area contributed by atoms with Crippen molar-refractivity contribution >= 4 is 21.6 Å². The number of anilines is 1. The van der Waals surface area contributed by atoms with Crippen LogP contribution in [0, 0.1) is 0 Å². The second kappa shape index (κ2) is 7.85. The van der Waals surface area contributed by atoms with Gasteiger partial charge in [-0.1, -0.05) is 31.2 Å². The molecule has 1 amide bonds. The lowest BCUT2D eigenvalue weighted by Crippen LogP contribution is -2.33. The highest BCUT2D eigenvalue weighted by Crippen LogP contribution is 2.12. The number of hydrogen-bond acceptors (Lipinski definition) is 4. The topological polar surface area (TPSA) is 88.2 Å². The number of amides is 1. The molecule has 1 aromatic heterocycles. The molecule has 7 heteroatoms. The van der Waals surface area contributed by atoms with Crippen LogP contribution in [-0.2, 0) is 27.0 Å². The van der Waals surface area contributed by atoms with Gasteiger partial charge in [0, 0.05) is 6.20 Å². The van der Waals surface area contributed by atoms with E-state index >= 15 is 0 Å². The molecule has 0 saturated carbocycles. The number of hydrogen-bond donors (Lipinski definition) is 2. The zero-order valence-corrected chi connectivity index (χ0v) is 13.6. The molecule has 0 fully saturated rings. The number of carbonyl (C=O) groups is 1. The van der Waals surface area contributed by atoms with Crippen LogP contribution in [-0.4, -0.2) is 25.9 Å². The molecule has 0 atom stereocenters. The van der Waals surface area contributed by atoms with Crippen molar-refractivity contribution < 1.29 is 13.2 Å². The van der Waals surface area contributed by atoms with Crippen molar-refractivity contribution in [2.45, 2.75) is 19.1 Å². The molecule has 0 bridgehead atoms. The molecule has 122 valence electrons. The Balaban J connectivity index is 1.92. The van der Waals surface area contributed by atoms with Gasteiger partial charge in [0.05, 0.1) is 24.2 Å². The maximum absolute atomic E-state index is 12.1. The maximum atomic E-state index is 12.1. The van der Waals surface area contributed by atoms with Crippen LogP contribution in [0.1, 0.15) is 18.1 Å². The summed E-state index contributed by atoms with van der Waals surface area (Å²) in [6.07, 6.45) is 3.83. The first-order valence-electron chi connectivity index (χ1n) is 7.24. The van der Waals surface area contributed by atoms with Crippen LogP contribution in [0.15, 0.2) is 48.8 Å². The monoisotopic (exact) mass is 333 g/mol. The molecular formula is C16H19N3O3S. The van der Waals surface area contributed by atoms with Gasteiger partial charge in [0.1, 0.15) is 0 Å². The molecule has 0 unspecified atom stereocenters. The number of nitrogens with one attached hydrogen (secondary N) is 2. The first kappa shape index (κ1) is 17.1. The van der Waals surface area contributed by atoms with E-state index in [4.69, 9.17) is 0 Å². The number of sulfonamides is 1. The van der Waals surface area contributed by atoms with E-state index in [-0.39, 0.29) is 12.3 Å². The summed E-state index contributed by atoms with van der Waals surface area (Å²) in [5.41, 5.74) is 2.25. The molecular weight excluding hydrogens is 314 g/mol. The van der Waals surface area contributed by atoms with E-state index in [1.165, 1.54) is 6.20 Å². The second-order valence-corrected chi connectivity index (χ2v) is 6.80. The van der Waals surface area contributed by atoms with E-state index < -0.39 is 15.9 Å². The molecule has 2 rings (SSSR count). The molecule has 1 heterocycles. The van der Waals surface area contributed by atoms with Crippen LogP contribution in [0.3, 0.4) is 0 Å². The predicted molar refractivity (Wildman–Crippen MR) is 89.3 cm³/mol. The third kappa shape index (κ3) is 5.46. The Kier molecular flexibility index (Phi) is 5.84. The summed E-state index contributed by atoms with van der Waals surface area (Å²) in [6, 6.07) is 10.7. The van der Waals surface area contributed by atoms with Crippen molar-refractivity contribution in [3.63, 3.8) is 0 Å². The normalized spacial score (nSPS) is 11.2. The van der Waals surface area contributed by atoms with Gasteiger partial charge in [0.15, 0.2) is 0 Å². The fraction of sp³-hybridized carbons (Fsp3) is 0.250. The first-order valence-corrected chi connectivity index (χ1v) is 8.89. The van der Waals surface area contributed by atoms with Crippen molar-refractivity contribution in [1.82, 2.24) is 9.71 Å². The highest BCUT2D eigenvalue weighted by Gasteiger charge is 2.15. The maximum Gasteiger partial charge on any atom is 0.239 e. The molecule has 0 saturated heterocycles. The van der Waals surface area contributed by atoms with Crippen LogP contribution in [0.5, 0.6) is 0 Å². The van der Waals surface area contributed by atoms with Gasteiger partial charge in [0.2, 0.25) is 15.9 Å². The third-order valence-electron chi connectivity index (χ3n) is 3.24. The van der Waals surface area contributed by atoms with Gasteiger partial charge in [-0.15, -0.1) is 0 Å². The first-order chi connectivity index (χ1) is 11.0. The van der Waals surface area contributed by atoms with Gasteiger partial charge in [-0.2, -0.15) is 0 Å². The SMILES string of the molecule is CCc1ccccc1CS(=O)(=O)NCC(=O)Nc1cccnc1. The Bertz CT molecular complexity index is 761. The largest absolute Gasteiger partial charge is 0.324 e. The Morgan fingerprint density at radius 3 is 2.52 bits per heavy atom. The number of aryl methyl sites for hydroxylation is 1. The van der Waals surface area contributed by atoms with Crippen LogP contribution in [0.4, 0.5) is 5.69 Å². The highest BCUT2D eigenvalue weighted by atomic mass is 32.2. The standard InChI is InChI=1S/C16H19N3O3S/c1-2-13-6-3-4-7-14(13)12-23(21,22)18-11-16(20)19-15-8-5-9-17-10-15/h3-10,18H,2,11-12H2,1H3,(H,19,20). The molecule has 23 heavy (non-hydrogen) atoms. The quantitative estimate of drug-likeness (QED) is 0.807. The van der Waals surface area contributed by atoms with Crippen molar-refractivity contribution in [3.05, 3.63) is 59.9 Å². The van der Waals surface area contributed by atoms with Crippen molar-refractivity contribution in [2.24, 2.45) is 0 Å². The fourth-order valence-electron chi connectivity index (χ4n) is 2.12. The third-order valence-corrected chi connectivity index (χ3v) is 4.52. The molecule has 0 radical (unpaired) electrons. The van der Waals surface area contributed by atoms with E-state index in [0.717, 1.165) is 17.5 Å². The molecule has 1 aromatic carbocycles. The zero-order valence-electron chi connectivity index (χ0n) is 12.8. The fourth-order valence-corrected chi connectivity index (χ4v) is 3.26. The second-order valence-electron chi connectivity index (χ2n) is 4.99. The molecule has 2 N–H and O–H groups in total. The number of pyridine rings is 1.